The number of benzene rings is 1. The van der Waals surface area contributed by atoms with Crippen LogP contribution in [0.5, 0.6) is 11.5 Å². The Morgan fingerprint density at radius 3 is 2.72 bits per heavy atom. The minimum Gasteiger partial charge on any atom is -0.508 e. The lowest BCUT2D eigenvalue weighted by molar-refractivity contribution is -0.139. The third-order valence-electron chi connectivity index (χ3n) is 3.46. The Labute approximate surface area is 105 Å². The molecule has 0 amide bonds. The van der Waals surface area contributed by atoms with Gasteiger partial charge in [0, 0.05) is 24.7 Å². The minimum absolute atomic E-state index is 0.0258. The Kier molecular flexibility index (Phi) is 3.43. The summed E-state index contributed by atoms with van der Waals surface area (Å²) in [5.41, 5.74) is 0.670. The van der Waals surface area contributed by atoms with Crippen LogP contribution in [0, 0.1) is 5.92 Å². The molecule has 1 atom stereocenters. The molecule has 1 heterocycles. The predicted octanol–water partition coefficient (Wildman–Crippen LogP) is 1.57. The average Bonchev–Trinajstić information content (AvgIpc) is 2.25. The van der Waals surface area contributed by atoms with Crippen LogP contribution in [0.15, 0.2) is 18.2 Å². The number of phenols is 2. The third-order valence-corrected chi connectivity index (χ3v) is 3.46. The molecule has 0 radical (unpaired) electrons. The van der Waals surface area contributed by atoms with Gasteiger partial charge in [-0.1, -0.05) is 0 Å². The first kappa shape index (κ1) is 12.7. The molecule has 1 saturated heterocycles. The quantitative estimate of drug-likeness (QED) is 0.708. The summed E-state index contributed by atoms with van der Waals surface area (Å²) < 4.78 is 0. The number of carboxylic acid groups (broad SMARTS) is 1. The highest BCUT2D eigenvalue weighted by Crippen LogP contribution is 2.35. The fourth-order valence-corrected chi connectivity index (χ4v) is 2.38. The lowest BCUT2D eigenvalue weighted by atomic mass is 9.92. The number of hydrogen-bond donors (Lipinski definition) is 3. The lowest BCUT2D eigenvalue weighted by Crippen LogP contribution is -2.48. The molecule has 3 N–H and O–H groups in total. The highest BCUT2D eigenvalue weighted by molar-refractivity contribution is 5.67. The van der Waals surface area contributed by atoms with Crippen molar-refractivity contribution in [3.05, 3.63) is 23.8 Å². The topological polar surface area (TPSA) is 81.0 Å². The molecule has 5 heteroatoms. The average molecular weight is 251 g/mol. The zero-order valence-corrected chi connectivity index (χ0v) is 10.2. The molecule has 1 aliphatic heterocycles. The van der Waals surface area contributed by atoms with Crippen LogP contribution in [0.4, 0.5) is 0 Å². The number of nitrogens with zero attached hydrogens (tertiary/aromatic N) is 1. The second kappa shape index (κ2) is 4.86. The number of aromatic hydroxyl groups is 2. The molecule has 18 heavy (non-hydrogen) atoms. The summed E-state index contributed by atoms with van der Waals surface area (Å²) in [6, 6.07) is 4.43. The van der Waals surface area contributed by atoms with Crippen LogP contribution >= 0.6 is 0 Å². The summed E-state index contributed by atoms with van der Waals surface area (Å²) in [6.45, 7) is 3.36. The van der Waals surface area contributed by atoms with Crippen molar-refractivity contribution in [3.63, 3.8) is 0 Å². The normalized spacial score (nSPS) is 18.3. The Morgan fingerprint density at radius 1 is 1.44 bits per heavy atom. The van der Waals surface area contributed by atoms with E-state index in [9.17, 15) is 15.0 Å². The summed E-state index contributed by atoms with van der Waals surface area (Å²) >= 11 is 0. The van der Waals surface area contributed by atoms with Crippen molar-refractivity contribution in [1.82, 2.24) is 4.90 Å². The van der Waals surface area contributed by atoms with Gasteiger partial charge in [-0.2, -0.15) is 0 Å². The van der Waals surface area contributed by atoms with Crippen molar-refractivity contribution in [2.45, 2.75) is 19.4 Å². The maximum atomic E-state index is 10.6. The number of carbonyl (C=O) groups is 1. The van der Waals surface area contributed by atoms with E-state index in [1.54, 1.807) is 6.07 Å². The van der Waals surface area contributed by atoms with Crippen LogP contribution < -0.4 is 0 Å². The second-order valence-electron chi connectivity index (χ2n) is 4.84. The van der Waals surface area contributed by atoms with Gasteiger partial charge in [-0.3, -0.25) is 9.69 Å². The maximum absolute atomic E-state index is 10.6. The van der Waals surface area contributed by atoms with E-state index in [1.165, 1.54) is 12.1 Å². The number of carboxylic acids is 1. The maximum Gasteiger partial charge on any atom is 0.303 e. The Morgan fingerprint density at radius 2 is 2.11 bits per heavy atom. The van der Waals surface area contributed by atoms with Gasteiger partial charge < -0.3 is 15.3 Å². The van der Waals surface area contributed by atoms with Crippen LogP contribution in [0.2, 0.25) is 0 Å². The van der Waals surface area contributed by atoms with Crippen molar-refractivity contribution in [3.8, 4) is 11.5 Å². The summed E-state index contributed by atoms with van der Waals surface area (Å²) in [5.74, 6) is -0.309. The van der Waals surface area contributed by atoms with Crippen molar-refractivity contribution < 1.29 is 20.1 Å². The van der Waals surface area contributed by atoms with E-state index in [4.69, 9.17) is 5.11 Å². The first-order valence-corrected chi connectivity index (χ1v) is 5.95. The van der Waals surface area contributed by atoms with Crippen LogP contribution in [0.3, 0.4) is 0 Å². The van der Waals surface area contributed by atoms with Gasteiger partial charge in [-0.05, 0) is 31.0 Å². The zero-order valence-electron chi connectivity index (χ0n) is 10.2. The summed E-state index contributed by atoms with van der Waals surface area (Å²) in [6.07, 6.45) is 0.190. The van der Waals surface area contributed by atoms with E-state index >= 15 is 0 Å². The fraction of sp³-hybridized carbons (Fsp3) is 0.462. The highest BCUT2D eigenvalue weighted by Gasteiger charge is 2.33. The van der Waals surface area contributed by atoms with Crippen molar-refractivity contribution in [2.24, 2.45) is 5.92 Å². The Bertz CT molecular complexity index is 454. The molecular weight excluding hydrogens is 234 g/mol. The van der Waals surface area contributed by atoms with E-state index in [-0.39, 0.29) is 29.9 Å². The first-order valence-electron chi connectivity index (χ1n) is 5.95. The van der Waals surface area contributed by atoms with Crippen LogP contribution in [-0.2, 0) is 4.79 Å². The lowest BCUT2D eigenvalue weighted by Gasteiger charge is -2.43. The second-order valence-corrected chi connectivity index (χ2v) is 4.84. The van der Waals surface area contributed by atoms with E-state index < -0.39 is 5.97 Å². The first-order chi connectivity index (χ1) is 8.47. The molecule has 1 aliphatic rings. The van der Waals surface area contributed by atoms with E-state index in [1.807, 2.05) is 6.92 Å². The van der Waals surface area contributed by atoms with Crippen LogP contribution in [0.1, 0.15) is 24.9 Å². The largest absolute Gasteiger partial charge is 0.508 e. The molecule has 0 aliphatic carbocycles. The number of rotatable bonds is 4. The summed E-state index contributed by atoms with van der Waals surface area (Å²) in [5, 5.41) is 27.9. The van der Waals surface area contributed by atoms with E-state index in [0.717, 1.165) is 0 Å². The van der Waals surface area contributed by atoms with Crippen molar-refractivity contribution >= 4 is 5.97 Å². The molecule has 0 saturated carbocycles. The Balaban J connectivity index is 1.99. The van der Waals surface area contributed by atoms with Gasteiger partial charge in [0.05, 0.1) is 6.42 Å². The van der Waals surface area contributed by atoms with Gasteiger partial charge in [-0.15, -0.1) is 0 Å². The molecule has 1 unspecified atom stereocenters. The number of hydrogen-bond acceptors (Lipinski definition) is 4. The monoisotopic (exact) mass is 251 g/mol. The van der Waals surface area contributed by atoms with Crippen LogP contribution in [-0.4, -0.2) is 39.3 Å². The van der Waals surface area contributed by atoms with Gasteiger partial charge in [0.1, 0.15) is 11.5 Å². The number of phenolic OH excluding ortho intramolecular Hbond substituents is 2. The third kappa shape index (κ3) is 2.56. The molecule has 0 spiro atoms. The zero-order chi connectivity index (χ0) is 13.3. The molecule has 98 valence electrons. The van der Waals surface area contributed by atoms with E-state index in [0.29, 0.717) is 18.7 Å². The van der Waals surface area contributed by atoms with Crippen molar-refractivity contribution in [1.29, 1.82) is 0 Å². The SMILES string of the molecule is CC(c1cc(O)ccc1O)N1CC(CC(=O)O)C1. The van der Waals surface area contributed by atoms with Gasteiger partial charge in [0.25, 0.3) is 0 Å². The van der Waals surface area contributed by atoms with Gasteiger partial charge in [0.15, 0.2) is 0 Å². The predicted molar refractivity (Wildman–Crippen MR) is 65.5 cm³/mol. The van der Waals surface area contributed by atoms with Gasteiger partial charge >= 0.3 is 5.97 Å². The molecule has 2 rings (SSSR count). The summed E-state index contributed by atoms with van der Waals surface area (Å²) in [7, 11) is 0. The van der Waals surface area contributed by atoms with Crippen LogP contribution in [0.25, 0.3) is 0 Å². The molecule has 1 fully saturated rings. The molecule has 1 aromatic rings. The fourth-order valence-electron chi connectivity index (χ4n) is 2.38. The molecule has 0 bridgehead atoms. The van der Waals surface area contributed by atoms with Gasteiger partial charge in [0.2, 0.25) is 0 Å². The van der Waals surface area contributed by atoms with E-state index in [2.05, 4.69) is 4.90 Å². The summed E-state index contributed by atoms with van der Waals surface area (Å²) in [4.78, 5) is 12.6. The molecular formula is C13H17NO4. The van der Waals surface area contributed by atoms with Crippen molar-refractivity contribution in [2.75, 3.05) is 13.1 Å². The number of likely N-dealkylation sites (tertiary alicyclic amines) is 1. The smallest absolute Gasteiger partial charge is 0.303 e. The molecule has 1 aromatic carbocycles. The number of aliphatic carboxylic acids is 1. The standard InChI is InChI=1S/C13H17NO4/c1-8(11-5-10(15)2-3-12(11)16)14-6-9(7-14)4-13(17)18/h2-3,5,8-9,15-16H,4,6-7H2,1H3,(H,17,18). The minimum atomic E-state index is -0.771. The molecule has 5 nitrogen and oxygen atoms in total. The highest BCUT2D eigenvalue weighted by atomic mass is 16.4. The molecule has 0 aromatic heterocycles. The Hall–Kier alpha value is -1.75. The van der Waals surface area contributed by atoms with Gasteiger partial charge in [-0.25, -0.2) is 0 Å².